The van der Waals surface area contributed by atoms with Gasteiger partial charge in [-0.2, -0.15) is 0 Å². The number of benzene rings is 2. The van der Waals surface area contributed by atoms with E-state index in [0.717, 1.165) is 18.4 Å². The molecule has 140 valence electrons. The Morgan fingerprint density at radius 1 is 1.11 bits per heavy atom. The lowest BCUT2D eigenvalue weighted by Crippen LogP contribution is -2.21. The van der Waals surface area contributed by atoms with Crippen LogP contribution in [0.2, 0.25) is 10.0 Å². The minimum Gasteiger partial charge on any atom is -0.330 e. The standard InChI is InChI=1S/C21H20Cl2N2O2/c1-3-4-9-18(26)24-21-19(13-10-11-15(22)16(23)12-13)20(27)14-7-5-6-8-17(14)25(21)2/h5-8,10-12H,3-4,9H2,1-2H3,(H,24,26). The first kappa shape index (κ1) is 19.5. The van der Waals surface area contributed by atoms with E-state index in [4.69, 9.17) is 23.2 Å². The molecule has 0 aliphatic carbocycles. The highest BCUT2D eigenvalue weighted by Crippen LogP contribution is 2.32. The zero-order valence-electron chi connectivity index (χ0n) is 15.2. The van der Waals surface area contributed by atoms with E-state index in [1.54, 1.807) is 24.3 Å². The van der Waals surface area contributed by atoms with Crippen molar-refractivity contribution in [2.75, 3.05) is 5.32 Å². The minimum absolute atomic E-state index is 0.122. The van der Waals surface area contributed by atoms with Crippen molar-refractivity contribution >= 4 is 45.8 Å². The zero-order valence-corrected chi connectivity index (χ0v) is 16.7. The fourth-order valence-electron chi connectivity index (χ4n) is 3.09. The number of aromatic nitrogens is 1. The molecule has 0 unspecified atom stereocenters. The Hall–Kier alpha value is -2.30. The summed E-state index contributed by atoms with van der Waals surface area (Å²) >= 11 is 12.2. The summed E-state index contributed by atoms with van der Waals surface area (Å²) in [6.07, 6.45) is 2.11. The molecule has 0 saturated carbocycles. The van der Waals surface area contributed by atoms with Crippen LogP contribution < -0.4 is 10.7 Å². The second-order valence-electron chi connectivity index (χ2n) is 6.41. The van der Waals surface area contributed by atoms with Crippen LogP contribution in [0.5, 0.6) is 0 Å². The Labute approximate surface area is 167 Å². The predicted octanol–water partition coefficient (Wildman–Crippen LogP) is 5.64. The molecule has 0 saturated heterocycles. The van der Waals surface area contributed by atoms with Crippen molar-refractivity contribution in [3.05, 3.63) is 62.7 Å². The van der Waals surface area contributed by atoms with Gasteiger partial charge >= 0.3 is 0 Å². The third-order valence-electron chi connectivity index (χ3n) is 4.53. The highest BCUT2D eigenvalue weighted by atomic mass is 35.5. The first-order valence-corrected chi connectivity index (χ1v) is 9.56. The molecule has 6 heteroatoms. The number of rotatable bonds is 5. The highest BCUT2D eigenvalue weighted by Gasteiger charge is 2.19. The van der Waals surface area contributed by atoms with Crippen molar-refractivity contribution in [2.45, 2.75) is 26.2 Å². The summed E-state index contributed by atoms with van der Waals surface area (Å²) in [7, 11) is 1.83. The number of aryl methyl sites for hydroxylation is 1. The smallest absolute Gasteiger partial charge is 0.225 e. The largest absolute Gasteiger partial charge is 0.330 e. The molecule has 1 N–H and O–H groups in total. The number of nitrogens with one attached hydrogen (secondary N) is 1. The van der Waals surface area contributed by atoms with Crippen molar-refractivity contribution in [2.24, 2.45) is 7.05 Å². The second kappa shape index (κ2) is 8.15. The minimum atomic E-state index is -0.159. The van der Waals surface area contributed by atoms with Crippen molar-refractivity contribution < 1.29 is 4.79 Å². The fraction of sp³-hybridized carbons (Fsp3) is 0.238. The van der Waals surface area contributed by atoms with Gasteiger partial charge in [0.25, 0.3) is 0 Å². The molecular weight excluding hydrogens is 383 g/mol. The van der Waals surface area contributed by atoms with Gasteiger partial charge in [-0.05, 0) is 36.2 Å². The van der Waals surface area contributed by atoms with Crippen molar-refractivity contribution in [3.63, 3.8) is 0 Å². The average Bonchev–Trinajstić information content (AvgIpc) is 2.67. The molecule has 3 rings (SSSR count). The van der Waals surface area contributed by atoms with Crippen LogP contribution in [0.4, 0.5) is 5.82 Å². The molecule has 4 nitrogen and oxygen atoms in total. The van der Waals surface area contributed by atoms with E-state index in [9.17, 15) is 9.59 Å². The Balaban J connectivity index is 2.27. The van der Waals surface area contributed by atoms with Crippen molar-refractivity contribution in [1.29, 1.82) is 0 Å². The normalized spacial score (nSPS) is 11.0. The van der Waals surface area contributed by atoms with Crippen LogP contribution in [0.15, 0.2) is 47.3 Å². The maximum absolute atomic E-state index is 13.3. The van der Waals surface area contributed by atoms with E-state index in [1.807, 2.05) is 36.7 Å². The quantitative estimate of drug-likeness (QED) is 0.599. The van der Waals surface area contributed by atoms with Gasteiger partial charge < -0.3 is 9.88 Å². The number of hydrogen-bond donors (Lipinski definition) is 1. The first-order valence-electron chi connectivity index (χ1n) is 8.81. The SMILES string of the molecule is CCCCC(=O)Nc1c(-c2ccc(Cl)c(Cl)c2)c(=O)c2ccccc2n1C. The van der Waals surface area contributed by atoms with E-state index >= 15 is 0 Å². The number of amides is 1. The number of unbranched alkanes of at least 4 members (excludes halogenated alkanes) is 1. The molecule has 0 bridgehead atoms. The molecule has 0 radical (unpaired) electrons. The van der Waals surface area contributed by atoms with Crippen LogP contribution >= 0.6 is 23.2 Å². The maximum atomic E-state index is 13.3. The monoisotopic (exact) mass is 402 g/mol. The summed E-state index contributed by atoms with van der Waals surface area (Å²) in [6, 6.07) is 12.4. The van der Waals surface area contributed by atoms with Crippen LogP contribution in [-0.4, -0.2) is 10.5 Å². The molecule has 1 amide bonds. The van der Waals surface area contributed by atoms with Gasteiger partial charge in [-0.1, -0.05) is 54.7 Å². The van der Waals surface area contributed by atoms with Crippen LogP contribution in [0, 0.1) is 0 Å². The third kappa shape index (κ3) is 3.87. The summed E-state index contributed by atoms with van der Waals surface area (Å²) in [6.45, 7) is 2.03. The van der Waals surface area contributed by atoms with Gasteiger partial charge in [-0.3, -0.25) is 9.59 Å². The summed E-state index contributed by atoms with van der Waals surface area (Å²) in [5.41, 5.74) is 1.60. The Morgan fingerprint density at radius 2 is 1.85 bits per heavy atom. The van der Waals surface area contributed by atoms with E-state index in [0.29, 0.717) is 38.8 Å². The number of carbonyl (C=O) groups excluding carboxylic acids is 1. The Morgan fingerprint density at radius 3 is 2.56 bits per heavy atom. The second-order valence-corrected chi connectivity index (χ2v) is 7.22. The Bertz CT molecular complexity index is 1070. The number of carbonyl (C=O) groups is 1. The van der Waals surface area contributed by atoms with Crippen molar-refractivity contribution in [3.8, 4) is 11.1 Å². The van der Waals surface area contributed by atoms with Crippen LogP contribution in [0.25, 0.3) is 22.0 Å². The van der Waals surface area contributed by atoms with Crippen LogP contribution in [0.3, 0.4) is 0 Å². The highest BCUT2D eigenvalue weighted by molar-refractivity contribution is 6.42. The molecule has 2 aromatic carbocycles. The summed E-state index contributed by atoms with van der Waals surface area (Å²) in [4.78, 5) is 25.7. The molecule has 1 heterocycles. The molecule has 1 aromatic heterocycles. The van der Waals surface area contributed by atoms with E-state index in [2.05, 4.69) is 5.32 Å². The molecule has 3 aromatic rings. The van der Waals surface area contributed by atoms with Gasteiger partial charge in [-0.15, -0.1) is 0 Å². The van der Waals surface area contributed by atoms with Gasteiger partial charge in [0.15, 0.2) is 5.43 Å². The lowest BCUT2D eigenvalue weighted by molar-refractivity contribution is -0.116. The van der Waals surface area contributed by atoms with Gasteiger partial charge in [0.05, 0.1) is 21.1 Å². The summed E-state index contributed by atoms with van der Waals surface area (Å²) < 4.78 is 1.83. The van der Waals surface area contributed by atoms with E-state index < -0.39 is 0 Å². The van der Waals surface area contributed by atoms with E-state index in [1.165, 1.54) is 0 Å². The van der Waals surface area contributed by atoms with Crippen LogP contribution in [0.1, 0.15) is 26.2 Å². The number of halogens is 2. The molecule has 0 aliphatic heterocycles. The van der Waals surface area contributed by atoms with Gasteiger partial charge in [0.2, 0.25) is 5.91 Å². The number of pyridine rings is 1. The topological polar surface area (TPSA) is 51.1 Å². The van der Waals surface area contributed by atoms with Gasteiger partial charge in [0, 0.05) is 18.9 Å². The number of anilines is 1. The predicted molar refractivity (Wildman–Crippen MR) is 113 cm³/mol. The zero-order chi connectivity index (χ0) is 19.6. The van der Waals surface area contributed by atoms with Gasteiger partial charge in [-0.25, -0.2) is 0 Å². The van der Waals surface area contributed by atoms with Crippen molar-refractivity contribution in [1.82, 2.24) is 4.57 Å². The number of hydrogen-bond acceptors (Lipinski definition) is 2. The molecule has 0 aliphatic rings. The molecule has 0 atom stereocenters. The fourth-order valence-corrected chi connectivity index (χ4v) is 3.38. The number of nitrogens with zero attached hydrogens (tertiary/aromatic N) is 1. The summed E-state index contributed by atoms with van der Waals surface area (Å²) in [5, 5.41) is 4.27. The molecule has 0 fully saturated rings. The third-order valence-corrected chi connectivity index (χ3v) is 5.27. The first-order chi connectivity index (χ1) is 12.9. The van der Waals surface area contributed by atoms with Crippen LogP contribution in [-0.2, 0) is 11.8 Å². The Kier molecular flexibility index (Phi) is 5.88. The number of para-hydroxylation sites is 1. The molecule has 27 heavy (non-hydrogen) atoms. The molecular formula is C21H20Cl2N2O2. The number of fused-ring (bicyclic) bond motifs is 1. The molecule has 0 spiro atoms. The average molecular weight is 403 g/mol. The maximum Gasteiger partial charge on any atom is 0.225 e. The van der Waals surface area contributed by atoms with Gasteiger partial charge in [0.1, 0.15) is 5.82 Å². The summed E-state index contributed by atoms with van der Waals surface area (Å²) in [5.74, 6) is 0.335. The lowest BCUT2D eigenvalue weighted by atomic mass is 10.0. The lowest BCUT2D eigenvalue weighted by Gasteiger charge is -2.18. The van der Waals surface area contributed by atoms with E-state index in [-0.39, 0.29) is 11.3 Å².